The van der Waals surface area contributed by atoms with Gasteiger partial charge in [-0.1, -0.05) is 55.8 Å². The first kappa shape index (κ1) is 13.0. The van der Waals surface area contributed by atoms with Gasteiger partial charge in [0.25, 0.3) is 0 Å². The molecule has 1 nitrogen and oxygen atoms in total. The zero-order chi connectivity index (χ0) is 11.8. The fourth-order valence-corrected chi connectivity index (χ4v) is 1.68. The lowest BCUT2D eigenvalue weighted by Crippen LogP contribution is -2.23. The van der Waals surface area contributed by atoms with Gasteiger partial charge in [-0.05, 0) is 31.9 Å². The Labute approximate surface area is 99.6 Å². The summed E-state index contributed by atoms with van der Waals surface area (Å²) in [4.78, 5) is 0. The van der Waals surface area contributed by atoms with E-state index in [0.29, 0.717) is 6.04 Å². The molecular formula is C15H23N. The van der Waals surface area contributed by atoms with Crippen LogP contribution in [0.2, 0.25) is 0 Å². The summed E-state index contributed by atoms with van der Waals surface area (Å²) in [5.41, 5.74) is 2.85. The molecule has 1 heteroatoms. The normalized spacial score (nSPS) is 12.1. The standard InChI is InChI=1S/C15H23N/c1-13(2)16-11-7-8-14(3)12-15-9-5-4-6-10-15/h4-6,8-10,13,16H,7,11-12H2,1-3H3. The zero-order valence-corrected chi connectivity index (χ0v) is 10.7. The van der Waals surface area contributed by atoms with Crippen molar-refractivity contribution >= 4 is 0 Å². The topological polar surface area (TPSA) is 12.0 Å². The summed E-state index contributed by atoms with van der Waals surface area (Å²) >= 11 is 0. The highest BCUT2D eigenvalue weighted by atomic mass is 14.9. The predicted octanol–water partition coefficient (Wildman–Crippen LogP) is 3.56. The molecule has 0 atom stereocenters. The average Bonchev–Trinajstić information content (AvgIpc) is 2.25. The minimum Gasteiger partial charge on any atom is -0.314 e. The van der Waals surface area contributed by atoms with Gasteiger partial charge in [0, 0.05) is 6.04 Å². The maximum absolute atomic E-state index is 3.42. The van der Waals surface area contributed by atoms with Crippen molar-refractivity contribution in [1.82, 2.24) is 5.32 Å². The second-order valence-corrected chi connectivity index (χ2v) is 4.61. The molecule has 0 radical (unpaired) electrons. The molecule has 0 aliphatic heterocycles. The van der Waals surface area contributed by atoms with E-state index in [2.05, 4.69) is 62.5 Å². The van der Waals surface area contributed by atoms with E-state index in [1.807, 2.05) is 0 Å². The van der Waals surface area contributed by atoms with Crippen LogP contribution in [0.4, 0.5) is 0 Å². The lowest BCUT2D eigenvalue weighted by Gasteiger charge is -2.06. The summed E-state index contributed by atoms with van der Waals surface area (Å²) in [6.45, 7) is 7.65. The third-order valence-electron chi connectivity index (χ3n) is 2.52. The molecular weight excluding hydrogens is 194 g/mol. The van der Waals surface area contributed by atoms with Crippen LogP contribution >= 0.6 is 0 Å². The number of rotatable bonds is 6. The van der Waals surface area contributed by atoms with Crippen LogP contribution in [0.15, 0.2) is 42.0 Å². The van der Waals surface area contributed by atoms with Crippen LogP contribution in [0.3, 0.4) is 0 Å². The summed E-state index contributed by atoms with van der Waals surface area (Å²) in [6, 6.07) is 11.2. The van der Waals surface area contributed by atoms with E-state index < -0.39 is 0 Å². The Morgan fingerprint density at radius 2 is 1.94 bits per heavy atom. The van der Waals surface area contributed by atoms with Crippen molar-refractivity contribution in [1.29, 1.82) is 0 Å². The van der Waals surface area contributed by atoms with Crippen LogP contribution in [0.5, 0.6) is 0 Å². The Morgan fingerprint density at radius 1 is 1.25 bits per heavy atom. The molecule has 0 saturated heterocycles. The first-order valence-corrected chi connectivity index (χ1v) is 6.11. The van der Waals surface area contributed by atoms with Crippen molar-refractivity contribution in [3.63, 3.8) is 0 Å². The van der Waals surface area contributed by atoms with E-state index in [1.54, 1.807) is 0 Å². The molecule has 1 N–H and O–H groups in total. The molecule has 88 valence electrons. The van der Waals surface area contributed by atoms with Gasteiger partial charge in [0.15, 0.2) is 0 Å². The maximum atomic E-state index is 3.42. The third-order valence-corrected chi connectivity index (χ3v) is 2.52. The molecule has 0 unspecified atom stereocenters. The highest BCUT2D eigenvalue weighted by Crippen LogP contribution is 2.07. The van der Waals surface area contributed by atoms with Gasteiger partial charge in [0.2, 0.25) is 0 Å². The molecule has 1 rings (SSSR count). The highest BCUT2D eigenvalue weighted by Gasteiger charge is 1.94. The quantitative estimate of drug-likeness (QED) is 0.567. The van der Waals surface area contributed by atoms with E-state index in [9.17, 15) is 0 Å². The molecule has 16 heavy (non-hydrogen) atoms. The zero-order valence-electron chi connectivity index (χ0n) is 10.7. The third kappa shape index (κ3) is 5.72. The van der Waals surface area contributed by atoms with Gasteiger partial charge in [-0.15, -0.1) is 0 Å². The smallest absolute Gasteiger partial charge is 0.00105 e. The number of nitrogens with one attached hydrogen (secondary N) is 1. The number of hydrogen-bond acceptors (Lipinski definition) is 1. The minimum absolute atomic E-state index is 0.586. The van der Waals surface area contributed by atoms with Crippen molar-refractivity contribution in [3.8, 4) is 0 Å². The molecule has 0 bridgehead atoms. The van der Waals surface area contributed by atoms with Crippen LogP contribution < -0.4 is 5.32 Å². The maximum Gasteiger partial charge on any atom is 0.00105 e. The summed E-state index contributed by atoms with van der Waals surface area (Å²) in [5.74, 6) is 0. The van der Waals surface area contributed by atoms with Crippen LogP contribution in [0.1, 0.15) is 32.8 Å². The van der Waals surface area contributed by atoms with Gasteiger partial charge in [-0.25, -0.2) is 0 Å². The van der Waals surface area contributed by atoms with Gasteiger partial charge in [-0.3, -0.25) is 0 Å². The largest absolute Gasteiger partial charge is 0.314 e. The Kier molecular flexibility index (Phi) is 5.87. The van der Waals surface area contributed by atoms with Crippen molar-refractivity contribution < 1.29 is 0 Å². The molecule has 1 aromatic carbocycles. The van der Waals surface area contributed by atoms with E-state index >= 15 is 0 Å². The van der Waals surface area contributed by atoms with Crippen molar-refractivity contribution in [2.45, 2.75) is 39.7 Å². The minimum atomic E-state index is 0.586. The molecule has 0 amide bonds. The Bertz CT molecular complexity index is 311. The molecule has 0 aromatic heterocycles. The van der Waals surface area contributed by atoms with Gasteiger partial charge in [-0.2, -0.15) is 0 Å². The lowest BCUT2D eigenvalue weighted by molar-refractivity contribution is 0.594. The highest BCUT2D eigenvalue weighted by molar-refractivity contribution is 5.20. The fraction of sp³-hybridized carbons (Fsp3) is 0.467. The Balaban J connectivity index is 2.29. The summed E-state index contributed by atoms with van der Waals surface area (Å²) in [7, 11) is 0. The number of hydrogen-bond donors (Lipinski definition) is 1. The van der Waals surface area contributed by atoms with Crippen LogP contribution in [-0.2, 0) is 6.42 Å². The summed E-state index contributed by atoms with van der Waals surface area (Å²) in [6.07, 6.45) is 4.53. The first-order chi connectivity index (χ1) is 7.68. The van der Waals surface area contributed by atoms with Crippen molar-refractivity contribution in [2.75, 3.05) is 6.54 Å². The second-order valence-electron chi connectivity index (χ2n) is 4.61. The lowest BCUT2D eigenvalue weighted by atomic mass is 10.1. The molecule has 0 spiro atoms. The number of allylic oxidation sites excluding steroid dienone is 1. The molecule has 1 aromatic rings. The van der Waals surface area contributed by atoms with Gasteiger partial charge < -0.3 is 5.32 Å². The van der Waals surface area contributed by atoms with E-state index in [1.165, 1.54) is 11.1 Å². The second kappa shape index (κ2) is 7.24. The van der Waals surface area contributed by atoms with E-state index in [0.717, 1.165) is 19.4 Å². The van der Waals surface area contributed by atoms with E-state index in [-0.39, 0.29) is 0 Å². The van der Waals surface area contributed by atoms with Crippen molar-refractivity contribution in [3.05, 3.63) is 47.5 Å². The predicted molar refractivity (Wildman–Crippen MR) is 71.7 cm³/mol. The van der Waals surface area contributed by atoms with Crippen molar-refractivity contribution in [2.24, 2.45) is 0 Å². The van der Waals surface area contributed by atoms with Crippen LogP contribution in [0, 0.1) is 0 Å². The Hall–Kier alpha value is -1.08. The van der Waals surface area contributed by atoms with Crippen LogP contribution in [0.25, 0.3) is 0 Å². The average molecular weight is 217 g/mol. The fourth-order valence-electron chi connectivity index (χ4n) is 1.68. The van der Waals surface area contributed by atoms with Crippen LogP contribution in [-0.4, -0.2) is 12.6 Å². The molecule has 0 aliphatic rings. The molecule has 0 heterocycles. The SMILES string of the molecule is CC(=CCCNC(C)C)Cc1ccccc1. The molecule has 0 fully saturated rings. The first-order valence-electron chi connectivity index (χ1n) is 6.11. The van der Waals surface area contributed by atoms with Gasteiger partial charge in [0.05, 0.1) is 0 Å². The number of benzene rings is 1. The van der Waals surface area contributed by atoms with Gasteiger partial charge in [0.1, 0.15) is 0 Å². The molecule has 0 saturated carbocycles. The molecule has 0 aliphatic carbocycles. The summed E-state index contributed by atoms with van der Waals surface area (Å²) < 4.78 is 0. The summed E-state index contributed by atoms with van der Waals surface area (Å²) in [5, 5.41) is 3.42. The Morgan fingerprint density at radius 3 is 2.56 bits per heavy atom. The monoisotopic (exact) mass is 217 g/mol. The van der Waals surface area contributed by atoms with Gasteiger partial charge >= 0.3 is 0 Å². The van der Waals surface area contributed by atoms with E-state index in [4.69, 9.17) is 0 Å².